The second-order valence-corrected chi connectivity index (χ2v) is 10.8. The number of nitrogens with zero attached hydrogens (tertiary/aromatic N) is 2. The van der Waals surface area contributed by atoms with Crippen molar-refractivity contribution in [1.82, 2.24) is 4.57 Å². The maximum absolute atomic E-state index is 13.0. The molecular formula is C24H29N3O5S. The summed E-state index contributed by atoms with van der Waals surface area (Å²) in [5, 5.41) is 6.17. The number of hydrogen-bond acceptors (Lipinski definition) is 5. The standard InChI is InChI=1S/C24H29N3O5S/c1-24(2,3)32-23(28)26-13-5-6-20-22(26)19-12-9-17(31-4)14-21(19)27(20)15-16-7-10-18(11-8-16)33(25,29)30/h7-12,14H,5-6,13,15H2,1-4H3,(H2,25,29,30). The lowest BCUT2D eigenvalue weighted by molar-refractivity contribution is 0.0578. The fraction of sp³-hybridized carbons (Fsp3) is 0.375. The fourth-order valence-corrected chi connectivity index (χ4v) is 4.72. The van der Waals surface area contributed by atoms with Gasteiger partial charge in [0.25, 0.3) is 0 Å². The number of ether oxygens (including phenoxy) is 2. The van der Waals surface area contributed by atoms with E-state index in [9.17, 15) is 13.2 Å². The molecule has 0 atom stereocenters. The Morgan fingerprint density at radius 1 is 1.12 bits per heavy atom. The quantitative estimate of drug-likeness (QED) is 0.619. The highest BCUT2D eigenvalue weighted by Gasteiger charge is 2.32. The van der Waals surface area contributed by atoms with E-state index in [0.29, 0.717) is 18.8 Å². The molecule has 176 valence electrons. The highest BCUT2D eigenvalue weighted by molar-refractivity contribution is 7.89. The van der Waals surface area contributed by atoms with Crippen LogP contribution in [-0.2, 0) is 27.7 Å². The van der Waals surface area contributed by atoms with Crippen molar-refractivity contribution in [3.05, 3.63) is 53.7 Å². The summed E-state index contributed by atoms with van der Waals surface area (Å²) in [7, 11) is -2.13. The van der Waals surface area contributed by atoms with E-state index in [-0.39, 0.29) is 11.0 Å². The summed E-state index contributed by atoms with van der Waals surface area (Å²) in [6.07, 6.45) is 1.25. The molecule has 33 heavy (non-hydrogen) atoms. The predicted octanol–water partition coefficient (Wildman–Crippen LogP) is 4.03. The van der Waals surface area contributed by atoms with Crippen LogP contribution in [0.5, 0.6) is 5.75 Å². The topological polar surface area (TPSA) is 104 Å². The Morgan fingerprint density at radius 2 is 1.82 bits per heavy atom. The van der Waals surface area contributed by atoms with Gasteiger partial charge in [0.1, 0.15) is 11.4 Å². The van der Waals surface area contributed by atoms with Gasteiger partial charge < -0.3 is 14.0 Å². The second-order valence-electron chi connectivity index (χ2n) is 9.19. The first-order chi connectivity index (χ1) is 15.5. The molecule has 2 aromatic carbocycles. The molecule has 1 aromatic heterocycles. The first kappa shape index (κ1) is 23.1. The minimum absolute atomic E-state index is 0.0726. The molecule has 8 nitrogen and oxygen atoms in total. The van der Waals surface area contributed by atoms with Crippen molar-refractivity contribution >= 4 is 32.7 Å². The van der Waals surface area contributed by atoms with Crippen LogP contribution in [0.15, 0.2) is 47.4 Å². The fourth-order valence-electron chi connectivity index (χ4n) is 4.21. The minimum atomic E-state index is -3.75. The summed E-state index contributed by atoms with van der Waals surface area (Å²) in [5.74, 6) is 0.715. The first-order valence-electron chi connectivity index (χ1n) is 10.8. The number of amides is 1. The highest BCUT2D eigenvalue weighted by Crippen LogP contribution is 2.40. The van der Waals surface area contributed by atoms with Crippen molar-refractivity contribution in [2.24, 2.45) is 5.14 Å². The smallest absolute Gasteiger partial charge is 0.414 e. The monoisotopic (exact) mass is 471 g/mol. The number of fused-ring (bicyclic) bond motifs is 3. The molecule has 3 aromatic rings. The minimum Gasteiger partial charge on any atom is -0.497 e. The lowest BCUT2D eigenvalue weighted by Crippen LogP contribution is -2.39. The largest absolute Gasteiger partial charge is 0.497 e. The lowest BCUT2D eigenvalue weighted by Gasteiger charge is -2.31. The number of benzene rings is 2. The number of rotatable bonds is 4. The zero-order chi connectivity index (χ0) is 24.0. The van der Waals surface area contributed by atoms with Crippen LogP contribution in [0.4, 0.5) is 10.5 Å². The molecule has 0 saturated heterocycles. The lowest BCUT2D eigenvalue weighted by atomic mass is 10.1. The van der Waals surface area contributed by atoms with Crippen molar-refractivity contribution in [2.45, 2.75) is 50.7 Å². The molecule has 1 amide bonds. The molecule has 2 heterocycles. The predicted molar refractivity (Wildman–Crippen MR) is 127 cm³/mol. The maximum Gasteiger partial charge on any atom is 0.414 e. The summed E-state index contributed by atoms with van der Waals surface area (Å²) < 4.78 is 36.5. The van der Waals surface area contributed by atoms with Crippen molar-refractivity contribution in [1.29, 1.82) is 0 Å². The van der Waals surface area contributed by atoms with Crippen LogP contribution in [-0.4, -0.2) is 38.3 Å². The van der Waals surface area contributed by atoms with E-state index in [4.69, 9.17) is 14.6 Å². The van der Waals surface area contributed by atoms with Crippen molar-refractivity contribution in [3.63, 3.8) is 0 Å². The third-order valence-corrected chi connectivity index (χ3v) is 6.55. The van der Waals surface area contributed by atoms with Gasteiger partial charge in [-0.2, -0.15) is 0 Å². The van der Waals surface area contributed by atoms with Crippen LogP contribution in [0.1, 0.15) is 38.4 Å². The molecular weight excluding hydrogens is 442 g/mol. The summed E-state index contributed by atoms with van der Waals surface area (Å²) in [6, 6.07) is 12.3. The Hall–Kier alpha value is -3.04. The number of methoxy groups -OCH3 is 1. The van der Waals surface area contributed by atoms with E-state index in [1.54, 1.807) is 24.1 Å². The van der Waals surface area contributed by atoms with Gasteiger partial charge in [0.2, 0.25) is 10.0 Å². The van der Waals surface area contributed by atoms with Crippen molar-refractivity contribution in [3.8, 4) is 5.75 Å². The van der Waals surface area contributed by atoms with Crippen LogP contribution < -0.4 is 14.8 Å². The van der Waals surface area contributed by atoms with Crippen LogP contribution in [0.2, 0.25) is 0 Å². The summed E-state index contributed by atoms with van der Waals surface area (Å²) >= 11 is 0. The van der Waals surface area contributed by atoms with Crippen LogP contribution in [0, 0.1) is 0 Å². The van der Waals surface area contributed by atoms with E-state index in [1.165, 1.54) is 12.1 Å². The molecule has 0 radical (unpaired) electrons. The number of nitrogens with two attached hydrogens (primary N) is 1. The maximum atomic E-state index is 13.0. The van der Waals surface area contributed by atoms with Crippen LogP contribution in [0.3, 0.4) is 0 Å². The van der Waals surface area contributed by atoms with Gasteiger partial charge in [-0.25, -0.2) is 18.4 Å². The third kappa shape index (κ3) is 4.69. The molecule has 0 bridgehead atoms. The SMILES string of the molecule is COc1ccc2c3c(n(Cc4ccc(S(N)(=O)=O)cc4)c2c1)CCCN3C(=O)OC(C)(C)C. The molecule has 1 aliphatic heterocycles. The van der Waals surface area contributed by atoms with Crippen molar-refractivity contribution in [2.75, 3.05) is 18.6 Å². The van der Waals surface area contributed by atoms with E-state index in [0.717, 1.165) is 40.7 Å². The van der Waals surface area contributed by atoms with Crippen LogP contribution >= 0.6 is 0 Å². The highest BCUT2D eigenvalue weighted by atomic mass is 32.2. The Kier molecular flexibility index (Phi) is 5.88. The number of hydrogen-bond donors (Lipinski definition) is 1. The van der Waals surface area contributed by atoms with Gasteiger partial charge in [-0.1, -0.05) is 12.1 Å². The summed E-state index contributed by atoms with van der Waals surface area (Å²) in [6.45, 7) is 6.65. The van der Waals surface area contributed by atoms with E-state index in [2.05, 4.69) is 4.57 Å². The van der Waals surface area contributed by atoms with E-state index in [1.807, 2.05) is 39.0 Å². The average molecular weight is 472 g/mol. The van der Waals surface area contributed by atoms with Gasteiger partial charge >= 0.3 is 6.09 Å². The summed E-state index contributed by atoms with van der Waals surface area (Å²) in [4.78, 5) is 14.8. The number of anilines is 1. The van der Waals surface area contributed by atoms with Crippen molar-refractivity contribution < 1.29 is 22.7 Å². The Balaban J connectivity index is 1.82. The number of aromatic nitrogens is 1. The first-order valence-corrected chi connectivity index (χ1v) is 12.3. The number of sulfonamides is 1. The van der Waals surface area contributed by atoms with Gasteiger partial charge in [0, 0.05) is 30.2 Å². The Morgan fingerprint density at radius 3 is 2.42 bits per heavy atom. The zero-order valence-corrected chi connectivity index (χ0v) is 20.1. The van der Waals surface area contributed by atoms with E-state index < -0.39 is 15.6 Å². The molecule has 4 rings (SSSR count). The molecule has 0 aliphatic carbocycles. The Labute approximate surface area is 193 Å². The molecule has 1 aliphatic rings. The molecule has 2 N–H and O–H groups in total. The van der Waals surface area contributed by atoms with Gasteiger partial charge in [-0.05, 0) is 63.4 Å². The van der Waals surface area contributed by atoms with Gasteiger partial charge in [-0.3, -0.25) is 4.90 Å². The zero-order valence-electron chi connectivity index (χ0n) is 19.3. The Bertz CT molecular complexity index is 1300. The molecule has 0 fully saturated rings. The normalized spacial score (nSPS) is 14.3. The second kappa shape index (κ2) is 8.39. The van der Waals surface area contributed by atoms with Crippen LogP contribution in [0.25, 0.3) is 10.9 Å². The number of carbonyl (C=O) groups excluding carboxylic acids is 1. The summed E-state index contributed by atoms with van der Waals surface area (Å²) in [5.41, 5.74) is 3.14. The molecule has 0 unspecified atom stereocenters. The molecule has 0 spiro atoms. The van der Waals surface area contributed by atoms with Gasteiger partial charge in [0.15, 0.2) is 0 Å². The number of primary sulfonamides is 1. The number of carbonyl (C=O) groups is 1. The third-order valence-electron chi connectivity index (χ3n) is 5.62. The van der Waals surface area contributed by atoms with Gasteiger partial charge in [-0.15, -0.1) is 0 Å². The molecule has 9 heteroatoms. The van der Waals surface area contributed by atoms with Gasteiger partial charge in [0.05, 0.1) is 23.2 Å². The molecule has 0 saturated carbocycles. The average Bonchev–Trinajstić information content (AvgIpc) is 3.05. The van der Waals surface area contributed by atoms with E-state index >= 15 is 0 Å².